The molecule has 0 aromatic carbocycles. The lowest BCUT2D eigenvalue weighted by Crippen LogP contribution is -2.36. The van der Waals surface area contributed by atoms with E-state index < -0.39 is 0 Å². The molecule has 3 nitrogen and oxygen atoms in total. The molecule has 0 N–H and O–H groups in total. The predicted octanol–water partition coefficient (Wildman–Crippen LogP) is 4.52. The summed E-state index contributed by atoms with van der Waals surface area (Å²) in [5, 5.41) is 0. The first-order valence-electron chi connectivity index (χ1n) is 8.02. The summed E-state index contributed by atoms with van der Waals surface area (Å²) in [6, 6.07) is 0.107. The van der Waals surface area contributed by atoms with Crippen LogP contribution in [0.1, 0.15) is 71.1 Å². The number of rotatable bonds is 11. The van der Waals surface area contributed by atoms with Gasteiger partial charge < -0.3 is 9.80 Å². The van der Waals surface area contributed by atoms with Crippen LogP contribution in [0.2, 0.25) is 0 Å². The highest BCUT2D eigenvalue weighted by Gasteiger charge is 2.08. The summed E-state index contributed by atoms with van der Waals surface area (Å²) >= 11 is 0. The van der Waals surface area contributed by atoms with Crippen LogP contribution in [-0.4, -0.2) is 43.5 Å². The first kappa shape index (κ1) is 18.3. The minimum atomic E-state index is 0.107. The molecule has 0 aliphatic heterocycles. The molecule has 0 heterocycles. The van der Waals surface area contributed by atoms with Crippen molar-refractivity contribution in [3.8, 4) is 0 Å². The molecule has 3 heteroatoms. The maximum absolute atomic E-state index is 11.6. The van der Waals surface area contributed by atoms with Crippen molar-refractivity contribution in [2.45, 2.75) is 71.1 Å². The third-order valence-corrected chi connectivity index (χ3v) is 3.56. The quantitative estimate of drug-likeness (QED) is 0.506. The van der Waals surface area contributed by atoms with E-state index in [1.54, 1.807) is 19.0 Å². The highest BCUT2D eigenvalue weighted by atomic mass is 16.2. The number of unbranched alkanes of at least 4 members (excludes halogenated alkanes) is 9. The van der Waals surface area contributed by atoms with E-state index in [1.165, 1.54) is 57.8 Å². The SMILES string of the molecule is CCCCCCCCCCCCN(C)C(=O)N(C)C. The van der Waals surface area contributed by atoms with Gasteiger partial charge in [-0.2, -0.15) is 0 Å². The van der Waals surface area contributed by atoms with E-state index in [9.17, 15) is 4.79 Å². The van der Waals surface area contributed by atoms with Crippen molar-refractivity contribution >= 4 is 6.03 Å². The van der Waals surface area contributed by atoms with Crippen LogP contribution < -0.4 is 0 Å². The molecule has 0 bridgehead atoms. The summed E-state index contributed by atoms with van der Waals surface area (Å²) in [7, 11) is 5.49. The van der Waals surface area contributed by atoms with Gasteiger partial charge in [0, 0.05) is 27.7 Å². The topological polar surface area (TPSA) is 23.6 Å². The Hall–Kier alpha value is -0.730. The molecular weight excluding hydrogens is 236 g/mol. The summed E-state index contributed by atoms with van der Waals surface area (Å²) in [5.74, 6) is 0. The monoisotopic (exact) mass is 270 g/mol. The van der Waals surface area contributed by atoms with E-state index in [0.717, 1.165) is 13.0 Å². The Morgan fingerprint density at radius 3 is 1.58 bits per heavy atom. The van der Waals surface area contributed by atoms with Crippen LogP contribution in [0.15, 0.2) is 0 Å². The van der Waals surface area contributed by atoms with Gasteiger partial charge in [0.05, 0.1) is 0 Å². The number of nitrogens with zero attached hydrogens (tertiary/aromatic N) is 2. The van der Waals surface area contributed by atoms with Crippen LogP contribution >= 0.6 is 0 Å². The highest BCUT2D eigenvalue weighted by molar-refractivity contribution is 5.73. The molecule has 0 fully saturated rings. The maximum atomic E-state index is 11.6. The predicted molar refractivity (Wildman–Crippen MR) is 83.6 cm³/mol. The van der Waals surface area contributed by atoms with Crippen molar-refractivity contribution in [3.63, 3.8) is 0 Å². The van der Waals surface area contributed by atoms with Crippen LogP contribution in [0.4, 0.5) is 4.79 Å². The molecule has 0 rings (SSSR count). The van der Waals surface area contributed by atoms with Gasteiger partial charge in [-0.05, 0) is 6.42 Å². The molecule has 0 spiro atoms. The zero-order valence-corrected chi connectivity index (χ0v) is 13.6. The van der Waals surface area contributed by atoms with Gasteiger partial charge in [-0.25, -0.2) is 4.79 Å². The molecule has 0 radical (unpaired) electrons. The Bertz CT molecular complexity index is 217. The molecule has 0 unspecified atom stereocenters. The summed E-state index contributed by atoms with van der Waals surface area (Å²) in [6.45, 7) is 3.14. The van der Waals surface area contributed by atoms with E-state index in [1.807, 2.05) is 11.9 Å². The van der Waals surface area contributed by atoms with Crippen molar-refractivity contribution in [2.75, 3.05) is 27.7 Å². The molecule has 19 heavy (non-hydrogen) atoms. The standard InChI is InChI=1S/C16H34N2O/c1-5-6-7-8-9-10-11-12-13-14-15-18(4)16(19)17(2)3/h5-15H2,1-4H3. The third-order valence-electron chi connectivity index (χ3n) is 3.56. The van der Waals surface area contributed by atoms with Crippen molar-refractivity contribution in [1.82, 2.24) is 9.80 Å². The van der Waals surface area contributed by atoms with E-state index in [4.69, 9.17) is 0 Å². The minimum Gasteiger partial charge on any atom is -0.331 e. The molecule has 0 aliphatic carbocycles. The Morgan fingerprint density at radius 1 is 0.737 bits per heavy atom. The molecule has 0 aromatic rings. The number of hydrogen-bond donors (Lipinski definition) is 0. The van der Waals surface area contributed by atoms with Crippen LogP contribution in [-0.2, 0) is 0 Å². The second-order valence-electron chi connectivity index (χ2n) is 5.78. The Morgan fingerprint density at radius 2 is 1.16 bits per heavy atom. The van der Waals surface area contributed by atoms with E-state index in [0.29, 0.717) is 0 Å². The summed E-state index contributed by atoms with van der Waals surface area (Å²) in [4.78, 5) is 15.0. The van der Waals surface area contributed by atoms with Crippen LogP contribution in [0.3, 0.4) is 0 Å². The number of amides is 2. The second kappa shape index (κ2) is 12.3. The Balaban J connectivity index is 3.25. The van der Waals surface area contributed by atoms with Gasteiger partial charge in [0.1, 0.15) is 0 Å². The van der Waals surface area contributed by atoms with Crippen molar-refractivity contribution in [2.24, 2.45) is 0 Å². The van der Waals surface area contributed by atoms with Gasteiger partial charge in [0.2, 0.25) is 0 Å². The number of hydrogen-bond acceptors (Lipinski definition) is 1. The summed E-state index contributed by atoms with van der Waals surface area (Å²) in [6.07, 6.45) is 13.4. The molecule has 0 aliphatic rings. The van der Waals surface area contributed by atoms with Gasteiger partial charge >= 0.3 is 6.03 Å². The van der Waals surface area contributed by atoms with Gasteiger partial charge in [0.15, 0.2) is 0 Å². The average Bonchev–Trinajstić information content (AvgIpc) is 2.39. The Labute approximate surface area is 120 Å². The summed E-state index contributed by atoms with van der Waals surface area (Å²) in [5.41, 5.74) is 0. The molecule has 2 amide bonds. The second-order valence-corrected chi connectivity index (χ2v) is 5.78. The highest BCUT2D eigenvalue weighted by Crippen LogP contribution is 2.10. The molecular formula is C16H34N2O. The lowest BCUT2D eigenvalue weighted by molar-refractivity contribution is 0.181. The van der Waals surface area contributed by atoms with Crippen LogP contribution in [0.25, 0.3) is 0 Å². The van der Waals surface area contributed by atoms with Crippen LogP contribution in [0.5, 0.6) is 0 Å². The molecule has 0 aromatic heterocycles. The van der Waals surface area contributed by atoms with E-state index >= 15 is 0 Å². The lowest BCUT2D eigenvalue weighted by atomic mass is 10.1. The largest absolute Gasteiger partial charge is 0.331 e. The normalized spacial score (nSPS) is 10.5. The summed E-state index contributed by atoms with van der Waals surface area (Å²) < 4.78 is 0. The van der Waals surface area contributed by atoms with Crippen molar-refractivity contribution in [3.05, 3.63) is 0 Å². The smallest absolute Gasteiger partial charge is 0.319 e. The van der Waals surface area contributed by atoms with Gasteiger partial charge in [0.25, 0.3) is 0 Å². The van der Waals surface area contributed by atoms with Gasteiger partial charge in [-0.1, -0.05) is 64.7 Å². The van der Waals surface area contributed by atoms with E-state index in [-0.39, 0.29) is 6.03 Å². The van der Waals surface area contributed by atoms with Gasteiger partial charge in [-0.3, -0.25) is 0 Å². The van der Waals surface area contributed by atoms with E-state index in [2.05, 4.69) is 6.92 Å². The van der Waals surface area contributed by atoms with Gasteiger partial charge in [-0.15, -0.1) is 0 Å². The fourth-order valence-corrected chi connectivity index (χ4v) is 2.27. The molecule has 0 atom stereocenters. The molecule has 0 saturated carbocycles. The zero-order valence-electron chi connectivity index (χ0n) is 13.6. The fraction of sp³-hybridized carbons (Fsp3) is 0.938. The number of carbonyl (C=O) groups excluding carboxylic acids is 1. The van der Waals surface area contributed by atoms with Crippen molar-refractivity contribution in [1.29, 1.82) is 0 Å². The van der Waals surface area contributed by atoms with Crippen LogP contribution in [0, 0.1) is 0 Å². The minimum absolute atomic E-state index is 0.107. The first-order valence-corrected chi connectivity index (χ1v) is 8.02. The average molecular weight is 270 g/mol. The number of carbonyl (C=O) groups is 1. The lowest BCUT2D eigenvalue weighted by Gasteiger charge is -2.21. The van der Waals surface area contributed by atoms with Crippen molar-refractivity contribution < 1.29 is 4.79 Å². The fourth-order valence-electron chi connectivity index (χ4n) is 2.27. The Kier molecular flexibility index (Phi) is 11.8. The zero-order chi connectivity index (χ0) is 14.5. The molecule has 0 saturated heterocycles. The molecule has 114 valence electrons. The maximum Gasteiger partial charge on any atom is 0.319 e. The third kappa shape index (κ3) is 10.8. The number of urea groups is 1. The first-order chi connectivity index (χ1) is 9.09.